The number of aryl methyl sites for hydroxylation is 1. The second-order valence-corrected chi connectivity index (χ2v) is 3.62. The fraction of sp³-hybridized carbons (Fsp3) is 0.231. The van der Waals surface area contributed by atoms with Gasteiger partial charge in [-0.1, -0.05) is 35.9 Å². The molecule has 0 aliphatic rings. The Hall–Kier alpha value is -1.34. The van der Waals surface area contributed by atoms with Crippen LogP contribution in [0.5, 0.6) is 0 Å². The van der Waals surface area contributed by atoms with E-state index in [1.54, 1.807) is 7.11 Å². The lowest BCUT2D eigenvalue weighted by Crippen LogP contribution is -1.87. The molecule has 72 valence electrons. The van der Waals surface area contributed by atoms with Crippen LogP contribution in [0.3, 0.4) is 0 Å². The number of rotatable bonds is 2. The Balaban J connectivity index is 2.50. The summed E-state index contributed by atoms with van der Waals surface area (Å²) in [4.78, 5) is 0. The first kappa shape index (κ1) is 9.22. The standard InChI is InChI=1S/C13H14O/c1-10-3-5-13-8-11(9-14-2)4-6-12(13)7-10/h3-8H,9H2,1-2H3. The number of hydrogen-bond acceptors (Lipinski definition) is 1. The topological polar surface area (TPSA) is 9.23 Å². The van der Waals surface area contributed by atoms with Gasteiger partial charge in [-0.2, -0.15) is 0 Å². The van der Waals surface area contributed by atoms with Gasteiger partial charge in [-0.15, -0.1) is 0 Å². The lowest BCUT2D eigenvalue weighted by atomic mass is 10.1. The Kier molecular flexibility index (Phi) is 2.51. The zero-order chi connectivity index (χ0) is 9.97. The molecule has 0 fully saturated rings. The van der Waals surface area contributed by atoms with Gasteiger partial charge in [0.1, 0.15) is 0 Å². The molecule has 0 unspecified atom stereocenters. The molecule has 0 atom stereocenters. The van der Waals surface area contributed by atoms with E-state index in [2.05, 4.69) is 43.3 Å². The van der Waals surface area contributed by atoms with Crippen molar-refractivity contribution in [2.24, 2.45) is 0 Å². The molecule has 1 heteroatoms. The monoisotopic (exact) mass is 186 g/mol. The summed E-state index contributed by atoms with van der Waals surface area (Å²) in [7, 11) is 1.72. The van der Waals surface area contributed by atoms with Crippen molar-refractivity contribution in [2.75, 3.05) is 7.11 Å². The van der Waals surface area contributed by atoms with Crippen LogP contribution in [-0.2, 0) is 11.3 Å². The first-order valence-corrected chi connectivity index (χ1v) is 4.78. The van der Waals surface area contributed by atoms with Crippen molar-refractivity contribution < 1.29 is 4.74 Å². The maximum atomic E-state index is 5.10. The summed E-state index contributed by atoms with van der Waals surface area (Å²) in [6, 6.07) is 12.9. The van der Waals surface area contributed by atoms with E-state index in [1.807, 2.05) is 0 Å². The summed E-state index contributed by atoms with van der Waals surface area (Å²) < 4.78 is 5.10. The molecule has 0 amide bonds. The van der Waals surface area contributed by atoms with Crippen LogP contribution in [0.25, 0.3) is 10.8 Å². The first-order valence-electron chi connectivity index (χ1n) is 4.78. The van der Waals surface area contributed by atoms with Crippen LogP contribution >= 0.6 is 0 Å². The van der Waals surface area contributed by atoms with Crippen LogP contribution < -0.4 is 0 Å². The summed E-state index contributed by atoms with van der Waals surface area (Å²) in [6.45, 7) is 2.80. The normalized spacial score (nSPS) is 10.7. The van der Waals surface area contributed by atoms with Gasteiger partial charge in [0, 0.05) is 7.11 Å². The Morgan fingerprint density at radius 1 is 1.00 bits per heavy atom. The Morgan fingerprint density at radius 2 is 1.71 bits per heavy atom. The highest BCUT2D eigenvalue weighted by atomic mass is 16.5. The summed E-state index contributed by atoms with van der Waals surface area (Å²) in [6.07, 6.45) is 0. The molecule has 0 aromatic heterocycles. The van der Waals surface area contributed by atoms with Gasteiger partial charge >= 0.3 is 0 Å². The van der Waals surface area contributed by atoms with E-state index in [9.17, 15) is 0 Å². The molecule has 1 nitrogen and oxygen atoms in total. The van der Waals surface area contributed by atoms with Crippen molar-refractivity contribution in [1.29, 1.82) is 0 Å². The highest BCUT2D eigenvalue weighted by Gasteiger charge is 1.96. The maximum Gasteiger partial charge on any atom is 0.0713 e. The zero-order valence-corrected chi connectivity index (χ0v) is 8.58. The summed E-state index contributed by atoms with van der Waals surface area (Å²) >= 11 is 0. The van der Waals surface area contributed by atoms with Crippen molar-refractivity contribution in [3.05, 3.63) is 47.5 Å². The van der Waals surface area contributed by atoms with E-state index in [0.29, 0.717) is 6.61 Å². The third-order valence-corrected chi connectivity index (χ3v) is 2.37. The molecule has 0 saturated heterocycles. The van der Waals surface area contributed by atoms with Gasteiger partial charge < -0.3 is 4.74 Å². The van der Waals surface area contributed by atoms with E-state index < -0.39 is 0 Å². The summed E-state index contributed by atoms with van der Waals surface area (Å²) in [5, 5.41) is 2.58. The zero-order valence-electron chi connectivity index (χ0n) is 8.58. The SMILES string of the molecule is COCc1ccc2cc(C)ccc2c1. The average Bonchev–Trinajstić information content (AvgIpc) is 2.19. The summed E-state index contributed by atoms with van der Waals surface area (Å²) in [5.74, 6) is 0. The van der Waals surface area contributed by atoms with Gasteiger partial charge in [0.25, 0.3) is 0 Å². The summed E-state index contributed by atoms with van der Waals surface area (Å²) in [5.41, 5.74) is 2.53. The molecule has 0 radical (unpaired) electrons. The fourth-order valence-electron chi connectivity index (χ4n) is 1.67. The number of benzene rings is 2. The lowest BCUT2D eigenvalue weighted by Gasteiger charge is -2.03. The molecule has 0 heterocycles. The fourth-order valence-corrected chi connectivity index (χ4v) is 1.67. The van der Waals surface area contributed by atoms with Gasteiger partial charge in [-0.05, 0) is 29.3 Å². The second-order valence-electron chi connectivity index (χ2n) is 3.62. The molecule has 0 saturated carbocycles. The molecule has 14 heavy (non-hydrogen) atoms. The third kappa shape index (κ3) is 1.78. The van der Waals surface area contributed by atoms with Crippen molar-refractivity contribution in [1.82, 2.24) is 0 Å². The average molecular weight is 186 g/mol. The van der Waals surface area contributed by atoms with Gasteiger partial charge in [-0.25, -0.2) is 0 Å². The smallest absolute Gasteiger partial charge is 0.0713 e. The minimum absolute atomic E-state index is 0.684. The number of ether oxygens (including phenoxy) is 1. The largest absolute Gasteiger partial charge is 0.380 e. The van der Waals surface area contributed by atoms with Crippen LogP contribution in [0.2, 0.25) is 0 Å². The molecular formula is C13H14O. The minimum atomic E-state index is 0.684. The quantitative estimate of drug-likeness (QED) is 0.699. The predicted octanol–water partition coefficient (Wildman–Crippen LogP) is 3.29. The van der Waals surface area contributed by atoms with Gasteiger partial charge in [0.05, 0.1) is 6.61 Å². The van der Waals surface area contributed by atoms with Crippen molar-refractivity contribution in [3.63, 3.8) is 0 Å². The molecule has 0 spiro atoms. The third-order valence-electron chi connectivity index (χ3n) is 2.37. The van der Waals surface area contributed by atoms with Gasteiger partial charge in [-0.3, -0.25) is 0 Å². The Bertz CT molecular complexity index is 446. The number of fused-ring (bicyclic) bond motifs is 1. The molecule has 0 aliphatic carbocycles. The van der Waals surface area contributed by atoms with Gasteiger partial charge in [0.2, 0.25) is 0 Å². The lowest BCUT2D eigenvalue weighted by molar-refractivity contribution is 0.185. The van der Waals surface area contributed by atoms with E-state index in [4.69, 9.17) is 4.74 Å². The van der Waals surface area contributed by atoms with Crippen molar-refractivity contribution >= 4 is 10.8 Å². The number of methoxy groups -OCH3 is 1. The molecule has 2 rings (SSSR count). The van der Waals surface area contributed by atoms with Crippen molar-refractivity contribution in [2.45, 2.75) is 13.5 Å². The Labute approximate surface area is 84.3 Å². The highest BCUT2D eigenvalue weighted by Crippen LogP contribution is 2.17. The highest BCUT2D eigenvalue weighted by molar-refractivity contribution is 5.83. The van der Waals surface area contributed by atoms with E-state index in [-0.39, 0.29) is 0 Å². The Morgan fingerprint density at radius 3 is 2.50 bits per heavy atom. The molecular weight excluding hydrogens is 172 g/mol. The van der Waals surface area contributed by atoms with E-state index >= 15 is 0 Å². The van der Waals surface area contributed by atoms with E-state index in [0.717, 1.165) is 0 Å². The molecule has 2 aromatic rings. The van der Waals surface area contributed by atoms with Crippen molar-refractivity contribution in [3.8, 4) is 0 Å². The second kappa shape index (κ2) is 3.81. The molecule has 0 bridgehead atoms. The van der Waals surface area contributed by atoms with Gasteiger partial charge in [0.15, 0.2) is 0 Å². The predicted molar refractivity (Wildman–Crippen MR) is 59.4 cm³/mol. The molecule has 0 N–H and O–H groups in total. The molecule has 0 aliphatic heterocycles. The van der Waals surface area contributed by atoms with Crippen LogP contribution in [0.4, 0.5) is 0 Å². The number of hydrogen-bond donors (Lipinski definition) is 0. The maximum absolute atomic E-state index is 5.10. The molecule has 2 aromatic carbocycles. The van der Waals surface area contributed by atoms with Crippen LogP contribution in [0.15, 0.2) is 36.4 Å². The van der Waals surface area contributed by atoms with Crippen LogP contribution in [-0.4, -0.2) is 7.11 Å². The minimum Gasteiger partial charge on any atom is -0.380 e. The van der Waals surface area contributed by atoms with Crippen LogP contribution in [0, 0.1) is 6.92 Å². The van der Waals surface area contributed by atoms with Crippen LogP contribution in [0.1, 0.15) is 11.1 Å². The first-order chi connectivity index (χ1) is 6.79. The van der Waals surface area contributed by atoms with E-state index in [1.165, 1.54) is 21.9 Å².